The monoisotopic (exact) mass is 260 g/mol. The Labute approximate surface area is 89.7 Å². The molecule has 3 nitrogen and oxygen atoms in total. The molecule has 14 heavy (non-hydrogen) atoms. The Kier molecular flexibility index (Phi) is 3.88. The van der Waals surface area contributed by atoms with Crippen LogP contribution in [0.4, 0.5) is 4.39 Å². The van der Waals surface area contributed by atoms with E-state index in [0.29, 0.717) is 23.2 Å². The zero-order valence-corrected chi connectivity index (χ0v) is 8.97. The quantitative estimate of drug-likeness (QED) is 0.645. The molecule has 1 aromatic carbocycles. The SMILES string of the molecule is N=C(N)CCOc1ccc(F)c(Br)c1. The summed E-state index contributed by atoms with van der Waals surface area (Å²) in [6.45, 7) is 0.327. The van der Waals surface area contributed by atoms with E-state index in [1.54, 1.807) is 0 Å². The summed E-state index contributed by atoms with van der Waals surface area (Å²) in [7, 11) is 0. The van der Waals surface area contributed by atoms with Crippen LogP contribution in [0.1, 0.15) is 6.42 Å². The Morgan fingerprint density at radius 1 is 1.57 bits per heavy atom. The highest BCUT2D eigenvalue weighted by Gasteiger charge is 2.01. The van der Waals surface area contributed by atoms with Gasteiger partial charge in [-0.15, -0.1) is 0 Å². The molecule has 0 bridgehead atoms. The van der Waals surface area contributed by atoms with E-state index in [4.69, 9.17) is 15.9 Å². The van der Waals surface area contributed by atoms with Gasteiger partial charge < -0.3 is 10.5 Å². The summed E-state index contributed by atoms with van der Waals surface area (Å²) in [5.41, 5.74) is 5.14. The molecule has 1 rings (SSSR count). The molecule has 0 heterocycles. The fraction of sp³-hybridized carbons (Fsp3) is 0.222. The van der Waals surface area contributed by atoms with Gasteiger partial charge in [0.15, 0.2) is 0 Å². The van der Waals surface area contributed by atoms with Crippen molar-refractivity contribution in [1.82, 2.24) is 0 Å². The second-order valence-electron chi connectivity index (χ2n) is 2.70. The number of rotatable bonds is 4. The largest absolute Gasteiger partial charge is 0.493 e. The lowest BCUT2D eigenvalue weighted by Gasteiger charge is -2.05. The molecule has 0 saturated heterocycles. The van der Waals surface area contributed by atoms with Crippen LogP contribution in [0.15, 0.2) is 22.7 Å². The standard InChI is InChI=1S/C9H10BrFN2O/c10-7-5-6(1-2-8(7)11)14-4-3-9(12)13/h1-2,5H,3-4H2,(H3,12,13). The highest BCUT2D eigenvalue weighted by atomic mass is 79.9. The first-order valence-corrected chi connectivity index (χ1v) is 4.79. The van der Waals surface area contributed by atoms with Gasteiger partial charge in [0.1, 0.15) is 11.6 Å². The molecule has 0 spiro atoms. The molecule has 0 radical (unpaired) electrons. The second-order valence-corrected chi connectivity index (χ2v) is 3.55. The van der Waals surface area contributed by atoms with Crippen LogP contribution >= 0.6 is 15.9 Å². The number of hydrogen-bond donors (Lipinski definition) is 2. The summed E-state index contributed by atoms with van der Waals surface area (Å²) >= 11 is 3.04. The maximum atomic E-state index is 12.8. The van der Waals surface area contributed by atoms with E-state index in [1.807, 2.05) is 0 Å². The van der Waals surface area contributed by atoms with Gasteiger partial charge in [-0.2, -0.15) is 0 Å². The van der Waals surface area contributed by atoms with Crippen LogP contribution in [0.3, 0.4) is 0 Å². The van der Waals surface area contributed by atoms with Crippen molar-refractivity contribution in [2.45, 2.75) is 6.42 Å². The van der Waals surface area contributed by atoms with E-state index in [2.05, 4.69) is 15.9 Å². The lowest BCUT2D eigenvalue weighted by Crippen LogP contribution is -2.13. The highest BCUT2D eigenvalue weighted by Crippen LogP contribution is 2.21. The van der Waals surface area contributed by atoms with Gasteiger partial charge in [0.05, 0.1) is 16.9 Å². The van der Waals surface area contributed by atoms with E-state index in [-0.39, 0.29) is 11.7 Å². The minimum Gasteiger partial charge on any atom is -0.493 e. The van der Waals surface area contributed by atoms with Gasteiger partial charge in [-0.25, -0.2) is 4.39 Å². The maximum absolute atomic E-state index is 12.8. The van der Waals surface area contributed by atoms with Crippen LogP contribution in [-0.2, 0) is 0 Å². The third-order valence-corrected chi connectivity index (χ3v) is 2.14. The first kappa shape index (κ1) is 11.0. The first-order valence-electron chi connectivity index (χ1n) is 4.00. The predicted octanol–water partition coefficient (Wildman–Crippen LogP) is 2.29. The van der Waals surface area contributed by atoms with Crippen molar-refractivity contribution in [3.63, 3.8) is 0 Å². The van der Waals surface area contributed by atoms with Crippen LogP contribution < -0.4 is 10.5 Å². The van der Waals surface area contributed by atoms with Crippen molar-refractivity contribution >= 4 is 21.8 Å². The number of halogens is 2. The van der Waals surface area contributed by atoms with Gasteiger partial charge in [0.25, 0.3) is 0 Å². The van der Waals surface area contributed by atoms with Crippen molar-refractivity contribution in [2.75, 3.05) is 6.61 Å². The Bertz CT molecular complexity index is 344. The molecule has 0 aliphatic rings. The van der Waals surface area contributed by atoms with Gasteiger partial charge in [-0.05, 0) is 34.1 Å². The van der Waals surface area contributed by atoms with Gasteiger partial charge >= 0.3 is 0 Å². The number of nitrogens with one attached hydrogen (secondary N) is 1. The van der Waals surface area contributed by atoms with Crippen molar-refractivity contribution in [1.29, 1.82) is 5.41 Å². The van der Waals surface area contributed by atoms with Gasteiger partial charge in [-0.3, -0.25) is 5.41 Å². The van der Waals surface area contributed by atoms with Crippen molar-refractivity contribution < 1.29 is 9.13 Å². The molecule has 0 atom stereocenters. The number of amidine groups is 1. The molecule has 1 aromatic rings. The normalized spacial score (nSPS) is 9.86. The zero-order valence-electron chi connectivity index (χ0n) is 7.39. The number of hydrogen-bond acceptors (Lipinski definition) is 2. The average Bonchev–Trinajstić information content (AvgIpc) is 2.10. The minimum absolute atomic E-state index is 0.0752. The third kappa shape index (κ3) is 3.33. The van der Waals surface area contributed by atoms with E-state index < -0.39 is 0 Å². The number of nitrogens with two attached hydrogens (primary N) is 1. The van der Waals surface area contributed by atoms with E-state index in [9.17, 15) is 4.39 Å². The molecule has 0 fully saturated rings. The lowest BCUT2D eigenvalue weighted by molar-refractivity contribution is 0.328. The van der Waals surface area contributed by atoms with Crippen LogP contribution in [0, 0.1) is 11.2 Å². The summed E-state index contributed by atoms with van der Waals surface area (Å²) in [5, 5.41) is 6.97. The lowest BCUT2D eigenvalue weighted by atomic mass is 10.3. The molecule has 5 heteroatoms. The summed E-state index contributed by atoms with van der Waals surface area (Å²) in [6.07, 6.45) is 0.370. The number of benzene rings is 1. The van der Waals surface area contributed by atoms with Crippen LogP contribution in [0.5, 0.6) is 5.75 Å². The minimum atomic E-state index is -0.330. The van der Waals surface area contributed by atoms with Gasteiger partial charge in [0.2, 0.25) is 0 Å². The van der Waals surface area contributed by atoms with Gasteiger partial charge in [-0.1, -0.05) is 0 Å². The van der Waals surface area contributed by atoms with Gasteiger partial charge in [0, 0.05) is 6.42 Å². The smallest absolute Gasteiger partial charge is 0.137 e. The Morgan fingerprint density at radius 2 is 2.29 bits per heavy atom. The third-order valence-electron chi connectivity index (χ3n) is 1.53. The molecular formula is C9H10BrFN2O. The second kappa shape index (κ2) is 4.95. The predicted molar refractivity (Wildman–Crippen MR) is 56.1 cm³/mol. The summed E-state index contributed by atoms with van der Waals surface area (Å²) in [4.78, 5) is 0. The van der Waals surface area contributed by atoms with Crippen LogP contribution in [0.2, 0.25) is 0 Å². The molecule has 0 amide bonds. The summed E-state index contributed by atoms with van der Waals surface area (Å²) in [6, 6.07) is 4.38. The van der Waals surface area contributed by atoms with Crippen LogP contribution in [-0.4, -0.2) is 12.4 Å². The Morgan fingerprint density at radius 3 is 2.86 bits per heavy atom. The van der Waals surface area contributed by atoms with E-state index in [1.165, 1.54) is 18.2 Å². The fourth-order valence-corrected chi connectivity index (χ4v) is 1.20. The summed E-state index contributed by atoms with van der Waals surface area (Å²) < 4.78 is 18.4. The topological polar surface area (TPSA) is 59.1 Å². The van der Waals surface area contributed by atoms with E-state index in [0.717, 1.165) is 0 Å². The first-order chi connectivity index (χ1) is 6.59. The maximum Gasteiger partial charge on any atom is 0.137 e. The molecule has 0 aliphatic carbocycles. The molecule has 0 aromatic heterocycles. The van der Waals surface area contributed by atoms with Crippen molar-refractivity contribution in [3.05, 3.63) is 28.5 Å². The molecular weight excluding hydrogens is 251 g/mol. The molecule has 76 valence electrons. The van der Waals surface area contributed by atoms with Crippen molar-refractivity contribution in [3.8, 4) is 5.75 Å². The molecule has 3 N–H and O–H groups in total. The van der Waals surface area contributed by atoms with Crippen LogP contribution in [0.25, 0.3) is 0 Å². The summed E-state index contributed by atoms with van der Waals surface area (Å²) in [5.74, 6) is 0.301. The molecule has 0 unspecified atom stereocenters. The number of ether oxygens (including phenoxy) is 1. The Balaban J connectivity index is 2.51. The average molecular weight is 261 g/mol. The molecule has 0 aliphatic heterocycles. The molecule has 0 saturated carbocycles. The van der Waals surface area contributed by atoms with E-state index >= 15 is 0 Å². The Hall–Kier alpha value is -1.10. The zero-order chi connectivity index (χ0) is 10.6. The van der Waals surface area contributed by atoms with Crippen molar-refractivity contribution in [2.24, 2.45) is 5.73 Å². The highest BCUT2D eigenvalue weighted by molar-refractivity contribution is 9.10. The fourth-order valence-electron chi connectivity index (χ4n) is 0.845.